The number of aromatic nitrogens is 5. The Labute approximate surface area is 73.6 Å². The molecule has 2 aromatic rings. The van der Waals surface area contributed by atoms with Crippen LogP contribution in [0.25, 0.3) is 11.5 Å². The third-order valence-electron chi connectivity index (χ3n) is 1.34. The average molecular weight is 179 g/mol. The number of aromatic amines is 1. The molecule has 0 saturated heterocycles. The predicted octanol–water partition coefficient (Wildman–Crippen LogP) is 0.550. The van der Waals surface area contributed by atoms with Gasteiger partial charge >= 0.3 is 0 Å². The summed E-state index contributed by atoms with van der Waals surface area (Å²) >= 11 is 4.20. The van der Waals surface area contributed by atoms with Crippen molar-refractivity contribution in [1.82, 2.24) is 25.6 Å². The number of tetrazole rings is 1. The molecule has 0 bridgehead atoms. The van der Waals surface area contributed by atoms with Gasteiger partial charge in [0.1, 0.15) is 5.69 Å². The molecule has 0 aliphatic rings. The highest BCUT2D eigenvalue weighted by molar-refractivity contribution is 7.80. The standard InChI is InChI=1S/C6H5N5S/c12-4-2-1-3-7-5(4)6-8-10-11-9-6/h1-3,12H,(H,8,9,10,11). The number of nitrogens with zero attached hydrogens (tertiary/aromatic N) is 4. The second-order valence-electron chi connectivity index (χ2n) is 2.11. The molecule has 2 rings (SSSR count). The molecule has 0 radical (unpaired) electrons. The molecule has 2 heterocycles. The second-order valence-corrected chi connectivity index (χ2v) is 2.59. The van der Waals surface area contributed by atoms with Crippen molar-refractivity contribution in [3.63, 3.8) is 0 Å². The smallest absolute Gasteiger partial charge is 0.224 e. The highest BCUT2D eigenvalue weighted by atomic mass is 32.1. The molecule has 0 atom stereocenters. The molecule has 0 aliphatic carbocycles. The van der Waals surface area contributed by atoms with Crippen LogP contribution in [0.2, 0.25) is 0 Å². The van der Waals surface area contributed by atoms with Gasteiger partial charge in [-0.1, -0.05) is 0 Å². The first-order chi connectivity index (χ1) is 5.88. The topological polar surface area (TPSA) is 67.3 Å². The van der Waals surface area contributed by atoms with Crippen molar-refractivity contribution < 1.29 is 0 Å². The number of hydrogen-bond donors (Lipinski definition) is 2. The molecule has 0 amide bonds. The van der Waals surface area contributed by atoms with Crippen molar-refractivity contribution >= 4 is 12.6 Å². The first-order valence-electron chi connectivity index (χ1n) is 3.26. The third-order valence-corrected chi connectivity index (χ3v) is 1.70. The van der Waals surface area contributed by atoms with E-state index in [1.165, 1.54) is 0 Å². The van der Waals surface area contributed by atoms with Crippen LogP contribution < -0.4 is 0 Å². The molecule has 6 heteroatoms. The van der Waals surface area contributed by atoms with Gasteiger partial charge in [0, 0.05) is 11.1 Å². The number of nitrogens with one attached hydrogen (secondary N) is 1. The highest BCUT2D eigenvalue weighted by Crippen LogP contribution is 2.18. The van der Waals surface area contributed by atoms with Gasteiger partial charge in [-0.3, -0.25) is 4.98 Å². The Morgan fingerprint density at radius 3 is 3.00 bits per heavy atom. The zero-order valence-corrected chi connectivity index (χ0v) is 6.86. The van der Waals surface area contributed by atoms with Crippen LogP contribution in [0.4, 0.5) is 0 Å². The molecule has 0 fully saturated rings. The van der Waals surface area contributed by atoms with E-state index in [1.54, 1.807) is 12.3 Å². The Balaban J connectivity index is 2.55. The Morgan fingerprint density at radius 2 is 2.33 bits per heavy atom. The molecule has 60 valence electrons. The summed E-state index contributed by atoms with van der Waals surface area (Å²) in [5.74, 6) is 0.459. The van der Waals surface area contributed by atoms with Gasteiger partial charge in [-0.2, -0.15) is 5.21 Å². The van der Waals surface area contributed by atoms with Crippen LogP contribution >= 0.6 is 12.6 Å². The van der Waals surface area contributed by atoms with E-state index in [0.717, 1.165) is 4.90 Å². The van der Waals surface area contributed by atoms with E-state index in [9.17, 15) is 0 Å². The Kier molecular flexibility index (Phi) is 1.75. The Morgan fingerprint density at radius 1 is 1.42 bits per heavy atom. The summed E-state index contributed by atoms with van der Waals surface area (Å²) in [6, 6.07) is 3.62. The van der Waals surface area contributed by atoms with Crippen LogP contribution in [-0.2, 0) is 0 Å². The zero-order chi connectivity index (χ0) is 8.39. The average Bonchev–Trinajstić information content (AvgIpc) is 2.57. The molecular formula is C6H5N5S. The maximum atomic E-state index is 4.20. The molecule has 0 aliphatic heterocycles. The molecule has 0 unspecified atom stereocenters. The molecule has 0 saturated carbocycles. The van der Waals surface area contributed by atoms with E-state index in [0.29, 0.717) is 11.5 Å². The monoisotopic (exact) mass is 179 g/mol. The number of thiol groups is 1. The van der Waals surface area contributed by atoms with Gasteiger partial charge in [0.15, 0.2) is 0 Å². The minimum absolute atomic E-state index is 0.459. The lowest BCUT2D eigenvalue weighted by molar-refractivity contribution is 0.881. The molecule has 12 heavy (non-hydrogen) atoms. The normalized spacial score (nSPS) is 10.1. The van der Waals surface area contributed by atoms with Crippen LogP contribution in [0.5, 0.6) is 0 Å². The van der Waals surface area contributed by atoms with Crippen molar-refractivity contribution in [2.45, 2.75) is 4.90 Å². The van der Waals surface area contributed by atoms with Crippen LogP contribution in [0.1, 0.15) is 0 Å². The summed E-state index contributed by atoms with van der Waals surface area (Å²) in [5.41, 5.74) is 0.634. The van der Waals surface area contributed by atoms with Gasteiger partial charge in [0.2, 0.25) is 5.82 Å². The van der Waals surface area contributed by atoms with E-state index in [1.807, 2.05) is 6.07 Å². The first-order valence-corrected chi connectivity index (χ1v) is 3.70. The summed E-state index contributed by atoms with van der Waals surface area (Å²) in [4.78, 5) is 4.79. The van der Waals surface area contributed by atoms with Crippen LogP contribution in [0.15, 0.2) is 23.2 Å². The zero-order valence-electron chi connectivity index (χ0n) is 5.97. The summed E-state index contributed by atoms with van der Waals surface area (Å²) in [5, 5.41) is 13.4. The first kappa shape index (κ1) is 7.23. The lowest BCUT2D eigenvalue weighted by Gasteiger charge is -1.95. The lowest BCUT2D eigenvalue weighted by Crippen LogP contribution is -1.86. The van der Waals surface area contributed by atoms with Gasteiger partial charge in [-0.05, 0) is 17.3 Å². The van der Waals surface area contributed by atoms with E-state index in [-0.39, 0.29) is 0 Å². The minimum atomic E-state index is 0.459. The molecule has 1 N–H and O–H groups in total. The Hall–Kier alpha value is -1.43. The van der Waals surface area contributed by atoms with Gasteiger partial charge < -0.3 is 0 Å². The van der Waals surface area contributed by atoms with Crippen molar-refractivity contribution in [2.75, 3.05) is 0 Å². The molecule has 2 aromatic heterocycles. The van der Waals surface area contributed by atoms with Crippen molar-refractivity contribution in [3.8, 4) is 11.5 Å². The van der Waals surface area contributed by atoms with Crippen molar-refractivity contribution in [1.29, 1.82) is 0 Å². The molecule has 0 aromatic carbocycles. The number of rotatable bonds is 1. The van der Waals surface area contributed by atoms with Crippen molar-refractivity contribution in [3.05, 3.63) is 18.3 Å². The number of hydrogen-bond acceptors (Lipinski definition) is 5. The molecule has 0 spiro atoms. The predicted molar refractivity (Wildman–Crippen MR) is 44.7 cm³/mol. The van der Waals surface area contributed by atoms with Gasteiger partial charge in [0.05, 0.1) is 0 Å². The van der Waals surface area contributed by atoms with Crippen molar-refractivity contribution in [2.24, 2.45) is 0 Å². The summed E-state index contributed by atoms with van der Waals surface area (Å²) < 4.78 is 0. The summed E-state index contributed by atoms with van der Waals surface area (Å²) in [6.07, 6.45) is 1.66. The molecular weight excluding hydrogens is 174 g/mol. The number of pyridine rings is 1. The fraction of sp³-hybridized carbons (Fsp3) is 0. The quantitative estimate of drug-likeness (QED) is 0.627. The van der Waals surface area contributed by atoms with E-state index < -0.39 is 0 Å². The van der Waals surface area contributed by atoms with Gasteiger partial charge in [0.25, 0.3) is 0 Å². The SMILES string of the molecule is Sc1cccnc1-c1nn[nH]n1. The largest absolute Gasteiger partial charge is 0.252 e. The van der Waals surface area contributed by atoms with E-state index >= 15 is 0 Å². The minimum Gasteiger partial charge on any atom is -0.252 e. The summed E-state index contributed by atoms with van der Waals surface area (Å²) in [7, 11) is 0. The highest BCUT2D eigenvalue weighted by Gasteiger charge is 2.06. The third kappa shape index (κ3) is 1.16. The number of H-pyrrole nitrogens is 1. The van der Waals surface area contributed by atoms with Crippen LogP contribution in [-0.4, -0.2) is 25.6 Å². The van der Waals surface area contributed by atoms with Crippen LogP contribution in [0.3, 0.4) is 0 Å². The van der Waals surface area contributed by atoms with Gasteiger partial charge in [-0.15, -0.1) is 22.8 Å². The molecule has 5 nitrogen and oxygen atoms in total. The van der Waals surface area contributed by atoms with Gasteiger partial charge in [-0.25, -0.2) is 0 Å². The Bertz CT molecular complexity index is 371. The fourth-order valence-electron chi connectivity index (χ4n) is 0.831. The fourth-order valence-corrected chi connectivity index (χ4v) is 1.08. The van der Waals surface area contributed by atoms with E-state index in [2.05, 4.69) is 38.2 Å². The maximum absolute atomic E-state index is 4.20. The van der Waals surface area contributed by atoms with E-state index in [4.69, 9.17) is 0 Å². The maximum Gasteiger partial charge on any atom is 0.224 e. The second kappa shape index (κ2) is 2.90. The summed E-state index contributed by atoms with van der Waals surface area (Å²) in [6.45, 7) is 0. The lowest BCUT2D eigenvalue weighted by atomic mass is 10.3. The van der Waals surface area contributed by atoms with Crippen LogP contribution in [0, 0.1) is 0 Å².